The highest BCUT2D eigenvalue weighted by molar-refractivity contribution is 8.00. The molecule has 2 rings (SSSR count). The van der Waals surface area contributed by atoms with Crippen molar-refractivity contribution in [3.05, 3.63) is 5.69 Å². The van der Waals surface area contributed by atoms with Crippen molar-refractivity contribution in [1.29, 1.82) is 0 Å². The molecule has 0 aliphatic carbocycles. The molecule has 108 valence electrons. The lowest BCUT2D eigenvalue weighted by Crippen LogP contribution is -2.33. The molecule has 19 heavy (non-hydrogen) atoms. The van der Waals surface area contributed by atoms with E-state index in [1.165, 1.54) is 0 Å². The topological polar surface area (TPSA) is 76.3 Å². The van der Waals surface area contributed by atoms with Gasteiger partial charge in [-0.05, 0) is 13.3 Å². The molecule has 8 heteroatoms. The van der Waals surface area contributed by atoms with Gasteiger partial charge in [-0.25, -0.2) is 13.4 Å². The van der Waals surface area contributed by atoms with Crippen LogP contribution in [0.5, 0.6) is 0 Å². The highest BCUT2D eigenvalue weighted by Crippen LogP contribution is 2.34. The Morgan fingerprint density at radius 2 is 2.05 bits per heavy atom. The molecule has 1 saturated heterocycles. The first kappa shape index (κ1) is 15.1. The van der Waals surface area contributed by atoms with Crippen LogP contribution in [0.1, 0.15) is 26.0 Å². The molecule has 0 bridgehead atoms. The van der Waals surface area contributed by atoms with Gasteiger partial charge in [0.05, 0.1) is 5.69 Å². The Morgan fingerprint density at radius 3 is 2.63 bits per heavy atom. The Morgan fingerprint density at radius 1 is 1.37 bits per heavy atom. The molecule has 2 N–H and O–H groups in total. The minimum Gasteiger partial charge on any atom is -0.375 e. The van der Waals surface area contributed by atoms with E-state index in [2.05, 4.69) is 18.8 Å². The second-order valence-corrected chi connectivity index (χ2v) is 10.2. The number of thiazole rings is 1. The van der Waals surface area contributed by atoms with Crippen molar-refractivity contribution in [2.75, 3.05) is 24.6 Å². The third-order valence-corrected chi connectivity index (χ3v) is 7.99. The first-order chi connectivity index (χ1) is 8.72. The summed E-state index contributed by atoms with van der Waals surface area (Å²) in [5, 5.41) is 0.306. The SMILES string of the molecule is Cc1nc(N)sc1S(=O)(=O)N1CCSC(C)(C)CC1. The Hall–Kier alpha value is -0.310. The van der Waals surface area contributed by atoms with Crippen LogP contribution in [0.2, 0.25) is 0 Å². The van der Waals surface area contributed by atoms with Crippen LogP contribution in [0, 0.1) is 6.92 Å². The Balaban J connectivity index is 2.28. The van der Waals surface area contributed by atoms with Gasteiger partial charge in [-0.2, -0.15) is 16.1 Å². The van der Waals surface area contributed by atoms with Crippen molar-refractivity contribution < 1.29 is 8.42 Å². The second kappa shape index (κ2) is 5.23. The van der Waals surface area contributed by atoms with Crippen LogP contribution in [0.3, 0.4) is 0 Å². The highest BCUT2D eigenvalue weighted by Gasteiger charge is 2.33. The zero-order chi connectivity index (χ0) is 14.3. The summed E-state index contributed by atoms with van der Waals surface area (Å²) >= 11 is 2.87. The van der Waals surface area contributed by atoms with E-state index in [-0.39, 0.29) is 8.96 Å². The van der Waals surface area contributed by atoms with Gasteiger partial charge in [0.2, 0.25) is 0 Å². The lowest BCUT2D eigenvalue weighted by atomic mass is 10.1. The van der Waals surface area contributed by atoms with Crippen LogP contribution in [-0.4, -0.2) is 41.3 Å². The van der Waals surface area contributed by atoms with Crippen molar-refractivity contribution in [1.82, 2.24) is 9.29 Å². The van der Waals surface area contributed by atoms with E-state index in [0.29, 0.717) is 23.9 Å². The van der Waals surface area contributed by atoms with Crippen LogP contribution >= 0.6 is 23.1 Å². The summed E-state index contributed by atoms with van der Waals surface area (Å²) in [6.07, 6.45) is 0.851. The molecule has 0 aromatic carbocycles. The van der Waals surface area contributed by atoms with Crippen LogP contribution in [0.4, 0.5) is 5.13 Å². The average molecular weight is 321 g/mol. The highest BCUT2D eigenvalue weighted by atomic mass is 32.2. The number of aryl methyl sites for hydroxylation is 1. The second-order valence-electron chi connectivity index (χ2n) is 5.19. The molecule has 0 unspecified atom stereocenters. The minimum absolute atomic E-state index is 0.131. The monoisotopic (exact) mass is 321 g/mol. The van der Waals surface area contributed by atoms with Gasteiger partial charge in [0.1, 0.15) is 0 Å². The van der Waals surface area contributed by atoms with Crippen molar-refractivity contribution in [2.45, 2.75) is 36.1 Å². The van der Waals surface area contributed by atoms with Gasteiger partial charge in [0.25, 0.3) is 10.0 Å². The number of nitrogens with zero attached hydrogens (tertiary/aromatic N) is 2. The number of hydrogen-bond donors (Lipinski definition) is 1. The number of anilines is 1. The maximum absolute atomic E-state index is 12.6. The molecule has 1 aliphatic heterocycles. The van der Waals surface area contributed by atoms with Crippen molar-refractivity contribution >= 4 is 38.3 Å². The zero-order valence-corrected chi connectivity index (χ0v) is 13.8. The van der Waals surface area contributed by atoms with E-state index < -0.39 is 10.0 Å². The number of aromatic nitrogens is 1. The Labute approximate surface area is 122 Å². The standard InChI is InChI=1S/C11H19N3O2S3/c1-8-9(18-10(12)13-8)19(15,16)14-5-4-11(2,3)17-7-6-14/h4-7H2,1-3H3,(H2,12,13). The Kier molecular flexibility index (Phi) is 4.15. The van der Waals surface area contributed by atoms with Gasteiger partial charge < -0.3 is 5.73 Å². The summed E-state index contributed by atoms with van der Waals surface area (Å²) in [7, 11) is -3.45. The van der Waals surface area contributed by atoms with E-state index in [4.69, 9.17) is 5.73 Å². The molecule has 5 nitrogen and oxygen atoms in total. The van der Waals surface area contributed by atoms with Crippen LogP contribution < -0.4 is 5.73 Å². The Bertz CT molecular complexity index is 566. The number of thioether (sulfide) groups is 1. The first-order valence-corrected chi connectivity index (χ1v) is 9.34. The van der Waals surface area contributed by atoms with Gasteiger partial charge in [0.15, 0.2) is 9.34 Å². The molecule has 1 aliphatic rings. The predicted molar refractivity (Wildman–Crippen MR) is 81.2 cm³/mol. The van der Waals surface area contributed by atoms with Gasteiger partial charge in [0, 0.05) is 23.6 Å². The van der Waals surface area contributed by atoms with E-state index in [9.17, 15) is 8.42 Å². The van der Waals surface area contributed by atoms with E-state index in [0.717, 1.165) is 23.5 Å². The van der Waals surface area contributed by atoms with E-state index in [1.807, 2.05) is 11.8 Å². The third-order valence-electron chi connectivity index (χ3n) is 3.14. The average Bonchev–Trinajstić information content (AvgIpc) is 2.52. The number of nitrogens with two attached hydrogens (primary N) is 1. The van der Waals surface area contributed by atoms with Crippen LogP contribution in [0.25, 0.3) is 0 Å². The molecule has 0 spiro atoms. The number of rotatable bonds is 2. The summed E-state index contributed by atoms with van der Waals surface area (Å²) < 4.78 is 27.2. The molecular weight excluding hydrogens is 302 g/mol. The maximum atomic E-state index is 12.6. The summed E-state index contributed by atoms with van der Waals surface area (Å²) in [6, 6.07) is 0. The fraction of sp³-hybridized carbons (Fsp3) is 0.727. The van der Waals surface area contributed by atoms with Crippen molar-refractivity contribution in [3.8, 4) is 0 Å². The fourth-order valence-corrected chi connectivity index (χ4v) is 6.09. The molecule has 0 amide bonds. The largest absolute Gasteiger partial charge is 0.375 e. The van der Waals surface area contributed by atoms with Gasteiger partial charge in [-0.3, -0.25) is 0 Å². The van der Waals surface area contributed by atoms with Crippen molar-refractivity contribution in [2.24, 2.45) is 0 Å². The summed E-state index contributed by atoms with van der Waals surface area (Å²) in [5.41, 5.74) is 6.10. The summed E-state index contributed by atoms with van der Waals surface area (Å²) in [4.78, 5) is 4.01. The predicted octanol–water partition coefficient (Wildman–Crippen LogP) is 1.94. The maximum Gasteiger partial charge on any atom is 0.254 e. The van der Waals surface area contributed by atoms with Gasteiger partial charge in [-0.1, -0.05) is 25.2 Å². The first-order valence-electron chi connectivity index (χ1n) is 6.09. The van der Waals surface area contributed by atoms with Crippen molar-refractivity contribution in [3.63, 3.8) is 0 Å². The molecule has 1 aromatic rings. The smallest absolute Gasteiger partial charge is 0.254 e. The number of hydrogen-bond acceptors (Lipinski definition) is 6. The normalized spacial score (nSPS) is 21.2. The van der Waals surface area contributed by atoms with E-state index >= 15 is 0 Å². The third kappa shape index (κ3) is 3.24. The fourth-order valence-electron chi connectivity index (χ4n) is 2.00. The van der Waals surface area contributed by atoms with Crippen LogP contribution in [0.15, 0.2) is 4.21 Å². The van der Waals surface area contributed by atoms with E-state index in [1.54, 1.807) is 11.2 Å². The molecule has 0 radical (unpaired) electrons. The molecule has 2 heterocycles. The quantitative estimate of drug-likeness (QED) is 0.901. The molecule has 1 fully saturated rings. The summed E-state index contributed by atoms with van der Waals surface area (Å²) in [6.45, 7) is 7.11. The zero-order valence-electron chi connectivity index (χ0n) is 11.3. The lowest BCUT2D eigenvalue weighted by Gasteiger charge is -2.22. The molecule has 0 atom stereocenters. The minimum atomic E-state index is -3.45. The van der Waals surface area contributed by atoms with Gasteiger partial charge >= 0.3 is 0 Å². The molecule has 0 saturated carbocycles. The lowest BCUT2D eigenvalue weighted by molar-refractivity contribution is 0.416. The van der Waals surface area contributed by atoms with Gasteiger partial charge in [-0.15, -0.1) is 0 Å². The molecular formula is C11H19N3O2S3. The number of sulfonamides is 1. The summed E-state index contributed by atoms with van der Waals surface area (Å²) in [5.74, 6) is 0.819. The number of nitrogen functional groups attached to an aromatic ring is 1. The molecule has 1 aromatic heterocycles. The van der Waals surface area contributed by atoms with Crippen LogP contribution in [-0.2, 0) is 10.0 Å².